The Morgan fingerprint density at radius 1 is 1.19 bits per heavy atom. The maximum atomic E-state index is 12.7. The third kappa shape index (κ3) is 4.61. The highest BCUT2D eigenvalue weighted by Crippen LogP contribution is 2.32. The van der Waals surface area contributed by atoms with Crippen molar-refractivity contribution < 1.29 is 24.3 Å². The van der Waals surface area contributed by atoms with Gasteiger partial charge in [0, 0.05) is 45.2 Å². The lowest BCUT2D eigenvalue weighted by Crippen LogP contribution is -2.45. The van der Waals surface area contributed by atoms with Gasteiger partial charge in [-0.25, -0.2) is 4.98 Å². The number of nitrogens with one attached hydrogen (secondary N) is 1. The number of anilines is 1. The van der Waals surface area contributed by atoms with Crippen molar-refractivity contribution in [3.8, 4) is 0 Å². The Morgan fingerprint density at radius 3 is 2.56 bits per heavy atom. The van der Waals surface area contributed by atoms with Gasteiger partial charge in [0.05, 0.1) is 11.3 Å². The Balaban J connectivity index is 1.28. The summed E-state index contributed by atoms with van der Waals surface area (Å²) >= 11 is 0. The molecule has 3 aliphatic heterocycles. The molecule has 0 spiro atoms. The van der Waals surface area contributed by atoms with E-state index in [0.29, 0.717) is 45.2 Å². The van der Waals surface area contributed by atoms with Crippen molar-refractivity contribution in [2.24, 2.45) is 11.3 Å². The maximum Gasteiger partial charge on any atom is 0.309 e. The molecule has 3 fully saturated rings. The van der Waals surface area contributed by atoms with Crippen molar-refractivity contribution in [3.63, 3.8) is 0 Å². The molecule has 2 N–H and O–H groups in total. The van der Waals surface area contributed by atoms with E-state index in [0.717, 1.165) is 30.9 Å². The maximum absolute atomic E-state index is 12.7. The van der Waals surface area contributed by atoms with E-state index in [1.165, 1.54) is 0 Å². The van der Waals surface area contributed by atoms with Gasteiger partial charge >= 0.3 is 5.97 Å². The molecule has 1 aromatic heterocycles. The largest absolute Gasteiger partial charge is 0.481 e. The minimum atomic E-state index is -0.785. The van der Waals surface area contributed by atoms with Crippen LogP contribution in [0.1, 0.15) is 56.9 Å². The lowest BCUT2D eigenvalue weighted by Gasteiger charge is -2.36. The average molecular weight is 443 g/mol. The number of imide groups is 1. The molecule has 4 heterocycles. The Morgan fingerprint density at radius 2 is 1.94 bits per heavy atom. The third-order valence-corrected chi connectivity index (χ3v) is 7.22. The highest BCUT2D eigenvalue weighted by Gasteiger charge is 2.38. The van der Waals surface area contributed by atoms with Crippen molar-refractivity contribution in [1.29, 1.82) is 0 Å². The zero-order valence-electron chi connectivity index (χ0n) is 18.4. The van der Waals surface area contributed by atoms with E-state index >= 15 is 0 Å². The van der Waals surface area contributed by atoms with E-state index in [1.807, 2.05) is 12.1 Å². The number of carboxylic acid groups (broad SMARTS) is 1. The molecule has 4 rings (SSSR count). The summed E-state index contributed by atoms with van der Waals surface area (Å²) < 4.78 is 0. The summed E-state index contributed by atoms with van der Waals surface area (Å²) in [5.74, 6) is -0.452. The van der Waals surface area contributed by atoms with Gasteiger partial charge in [0.15, 0.2) is 0 Å². The molecule has 0 saturated carbocycles. The first-order valence-corrected chi connectivity index (χ1v) is 11.3. The first-order valence-electron chi connectivity index (χ1n) is 11.3. The van der Waals surface area contributed by atoms with Crippen molar-refractivity contribution in [1.82, 2.24) is 15.2 Å². The molecule has 32 heavy (non-hydrogen) atoms. The minimum absolute atomic E-state index is 0.102. The van der Waals surface area contributed by atoms with Crippen molar-refractivity contribution in [2.75, 3.05) is 31.1 Å². The lowest BCUT2D eigenvalue weighted by molar-refractivity contribution is -0.153. The van der Waals surface area contributed by atoms with Crippen LogP contribution in [-0.4, -0.2) is 64.9 Å². The molecule has 9 heteroatoms. The topological polar surface area (TPSA) is 120 Å². The number of amides is 3. The normalized spacial score (nSPS) is 25.5. The number of likely N-dealkylation sites (tertiary alicyclic amines) is 1. The van der Waals surface area contributed by atoms with Gasteiger partial charge in [-0.1, -0.05) is 6.07 Å². The van der Waals surface area contributed by atoms with Gasteiger partial charge in [-0.3, -0.25) is 24.5 Å². The van der Waals surface area contributed by atoms with E-state index in [-0.39, 0.29) is 29.6 Å². The molecule has 3 aliphatic rings. The number of rotatable bonds is 5. The predicted octanol–water partition coefficient (Wildman–Crippen LogP) is 1.53. The Hall–Kier alpha value is -2.97. The van der Waals surface area contributed by atoms with Crippen LogP contribution in [0, 0.1) is 11.3 Å². The van der Waals surface area contributed by atoms with E-state index in [9.17, 15) is 24.3 Å². The molecule has 3 amide bonds. The molecule has 2 atom stereocenters. The number of nitrogens with zero attached hydrogens (tertiary/aromatic N) is 3. The monoisotopic (exact) mass is 442 g/mol. The summed E-state index contributed by atoms with van der Waals surface area (Å²) in [5.41, 5.74) is 0.0789. The number of carbonyl (C=O) groups is 4. The van der Waals surface area contributed by atoms with Gasteiger partial charge in [-0.2, -0.15) is 0 Å². The van der Waals surface area contributed by atoms with Crippen LogP contribution in [0.2, 0.25) is 0 Å². The number of pyridine rings is 1. The SMILES string of the molecule is CC1(C(=O)O)CCN(C(=O)C[C@H]2CCN(c3ccc(C4CCC(=O)NC4=O)cn3)C2)CC1. The van der Waals surface area contributed by atoms with Crippen molar-refractivity contribution in [2.45, 2.75) is 51.4 Å². The van der Waals surface area contributed by atoms with Crippen molar-refractivity contribution in [3.05, 3.63) is 23.9 Å². The molecule has 0 aromatic carbocycles. The van der Waals surface area contributed by atoms with Crippen LogP contribution in [0.25, 0.3) is 0 Å². The average Bonchev–Trinajstić information content (AvgIpc) is 3.23. The fraction of sp³-hybridized carbons (Fsp3) is 0.609. The standard InChI is InChI=1S/C23H30N4O5/c1-23(22(31)32)7-10-26(11-8-23)20(29)12-15-6-9-27(14-15)18-4-2-16(13-24-18)17-3-5-19(28)25-21(17)30/h2,4,13,15,17H,3,5-12,14H2,1H3,(H,31,32)(H,25,28,30)/t15-,17?/m1/s1. The Kier molecular flexibility index (Phi) is 6.17. The smallest absolute Gasteiger partial charge is 0.309 e. The second kappa shape index (κ2) is 8.88. The molecular weight excluding hydrogens is 412 g/mol. The molecule has 0 bridgehead atoms. The van der Waals surface area contributed by atoms with Crippen LogP contribution in [0.3, 0.4) is 0 Å². The number of carbonyl (C=O) groups excluding carboxylic acids is 3. The number of aliphatic carboxylic acids is 1. The molecule has 172 valence electrons. The van der Waals surface area contributed by atoms with E-state index in [2.05, 4.69) is 15.2 Å². The van der Waals surface area contributed by atoms with Gasteiger partial charge < -0.3 is 14.9 Å². The van der Waals surface area contributed by atoms with Gasteiger partial charge in [0.2, 0.25) is 17.7 Å². The van der Waals surface area contributed by atoms with Gasteiger partial charge in [0.1, 0.15) is 5.82 Å². The molecule has 9 nitrogen and oxygen atoms in total. The van der Waals surface area contributed by atoms with E-state index in [1.54, 1.807) is 18.0 Å². The van der Waals surface area contributed by atoms with Crippen LogP contribution in [0.4, 0.5) is 5.82 Å². The third-order valence-electron chi connectivity index (χ3n) is 7.22. The molecule has 3 saturated heterocycles. The summed E-state index contributed by atoms with van der Waals surface area (Å²) in [4.78, 5) is 56.0. The van der Waals surface area contributed by atoms with Crippen LogP contribution in [-0.2, 0) is 19.2 Å². The number of aromatic nitrogens is 1. The van der Waals surface area contributed by atoms with E-state index in [4.69, 9.17) is 0 Å². The Bertz CT molecular complexity index is 907. The number of carboxylic acids is 1. The first-order chi connectivity index (χ1) is 15.2. The summed E-state index contributed by atoms with van der Waals surface area (Å²) in [6, 6.07) is 3.80. The molecule has 0 radical (unpaired) electrons. The van der Waals surface area contributed by atoms with Crippen LogP contribution in [0.5, 0.6) is 0 Å². The van der Waals surface area contributed by atoms with Crippen LogP contribution < -0.4 is 10.2 Å². The van der Waals surface area contributed by atoms with Gasteiger partial charge in [0.25, 0.3) is 0 Å². The zero-order valence-corrected chi connectivity index (χ0v) is 18.4. The van der Waals surface area contributed by atoms with Gasteiger partial charge in [-0.05, 0) is 50.2 Å². The summed E-state index contributed by atoms with van der Waals surface area (Å²) in [6.45, 7) is 4.32. The zero-order chi connectivity index (χ0) is 22.9. The number of hydrogen-bond donors (Lipinski definition) is 2. The number of piperidine rings is 2. The second-order valence-corrected chi connectivity index (χ2v) is 9.50. The summed E-state index contributed by atoms with van der Waals surface area (Å²) in [5, 5.41) is 11.7. The molecule has 1 unspecified atom stereocenters. The highest BCUT2D eigenvalue weighted by molar-refractivity contribution is 6.00. The second-order valence-electron chi connectivity index (χ2n) is 9.50. The number of hydrogen-bond acceptors (Lipinski definition) is 6. The van der Waals surface area contributed by atoms with Crippen LogP contribution in [0.15, 0.2) is 18.3 Å². The lowest BCUT2D eigenvalue weighted by atomic mass is 9.80. The van der Waals surface area contributed by atoms with Crippen LogP contribution >= 0.6 is 0 Å². The summed E-state index contributed by atoms with van der Waals surface area (Å²) in [7, 11) is 0. The molecular formula is C23H30N4O5. The quantitative estimate of drug-likeness (QED) is 0.664. The Labute approximate surface area is 187 Å². The molecule has 0 aliphatic carbocycles. The fourth-order valence-electron chi connectivity index (χ4n) is 4.85. The van der Waals surface area contributed by atoms with Crippen molar-refractivity contribution >= 4 is 29.5 Å². The fourth-order valence-corrected chi connectivity index (χ4v) is 4.85. The highest BCUT2D eigenvalue weighted by atomic mass is 16.4. The summed E-state index contributed by atoms with van der Waals surface area (Å²) in [6.07, 6.45) is 4.91. The van der Waals surface area contributed by atoms with E-state index < -0.39 is 11.4 Å². The first kappa shape index (κ1) is 22.2. The van der Waals surface area contributed by atoms with Gasteiger partial charge in [-0.15, -0.1) is 0 Å². The predicted molar refractivity (Wildman–Crippen MR) is 116 cm³/mol. The minimum Gasteiger partial charge on any atom is -0.481 e. The molecule has 1 aromatic rings.